The van der Waals surface area contributed by atoms with Crippen LogP contribution >= 0.6 is 0 Å². The van der Waals surface area contributed by atoms with Gasteiger partial charge in [-0.3, -0.25) is 9.48 Å². The molecule has 5 heteroatoms. The predicted molar refractivity (Wildman–Crippen MR) is 97.7 cm³/mol. The first-order valence-electron chi connectivity index (χ1n) is 9.02. The van der Waals surface area contributed by atoms with Crippen LogP contribution in [0.2, 0.25) is 0 Å². The number of aromatic nitrogens is 2. The van der Waals surface area contributed by atoms with E-state index in [1.54, 1.807) is 0 Å². The van der Waals surface area contributed by atoms with Crippen molar-refractivity contribution >= 4 is 5.91 Å². The van der Waals surface area contributed by atoms with Gasteiger partial charge in [-0.25, -0.2) is 0 Å². The molecule has 0 aliphatic carbocycles. The topological polar surface area (TPSA) is 47.4 Å². The summed E-state index contributed by atoms with van der Waals surface area (Å²) in [4.78, 5) is 15.0. The van der Waals surface area contributed by atoms with E-state index in [9.17, 15) is 4.79 Å². The number of carbonyl (C=O) groups is 1. The van der Waals surface area contributed by atoms with E-state index in [0.29, 0.717) is 13.0 Å². The van der Waals surface area contributed by atoms with E-state index in [4.69, 9.17) is 4.74 Å². The van der Waals surface area contributed by atoms with Crippen molar-refractivity contribution in [1.29, 1.82) is 0 Å². The number of rotatable bonds is 5. The Morgan fingerprint density at radius 2 is 2.00 bits per heavy atom. The zero-order valence-electron chi connectivity index (χ0n) is 15.6. The number of likely N-dealkylation sites (tertiary alicyclic amines) is 1. The average Bonchev–Trinajstić information content (AvgIpc) is 3.17. The van der Waals surface area contributed by atoms with Crippen molar-refractivity contribution in [1.82, 2.24) is 14.7 Å². The molecule has 25 heavy (non-hydrogen) atoms. The fraction of sp³-hybridized carbons (Fsp3) is 0.500. The van der Waals surface area contributed by atoms with Gasteiger partial charge in [0, 0.05) is 24.8 Å². The Bertz CT molecular complexity index is 749. The molecule has 2 aromatic rings. The number of hydrogen-bond donors (Lipinski definition) is 0. The number of hydrogen-bond acceptors (Lipinski definition) is 3. The first-order valence-corrected chi connectivity index (χ1v) is 9.02. The van der Waals surface area contributed by atoms with Gasteiger partial charge in [0.25, 0.3) is 0 Å². The van der Waals surface area contributed by atoms with E-state index in [2.05, 4.69) is 17.2 Å². The minimum absolute atomic E-state index is 0.167. The highest BCUT2D eigenvalue weighted by Gasteiger charge is 2.30. The van der Waals surface area contributed by atoms with Crippen LogP contribution < -0.4 is 4.74 Å². The second-order valence-electron chi connectivity index (χ2n) is 6.70. The minimum Gasteiger partial charge on any atom is -0.494 e. The van der Waals surface area contributed by atoms with E-state index >= 15 is 0 Å². The van der Waals surface area contributed by atoms with Crippen molar-refractivity contribution in [2.45, 2.75) is 46.1 Å². The molecule has 1 aromatic heterocycles. The van der Waals surface area contributed by atoms with Gasteiger partial charge in [0.15, 0.2) is 0 Å². The highest BCUT2D eigenvalue weighted by Crippen LogP contribution is 2.33. The maximum absolute atomic E-state index is 12.9. The van der Waals surface area contributed by atoms with Gasteiger partial charge in [-0.15, -0.1) is 0 Å². The third-order valence-electron chi connectivity index (χ3n) is 5.14. The molecule has 5 nitrogen and oxygen atoms in total. The Kier molecular flexibility index (Phi) is 5.11. The van der Waals surface area contributed by atoms with Crippen molar-refractivity contribution in [2.75, 3.05) is 13.2 Å². The summed E-state index contributed by atoms with van der Waals surface area (Å²) >= 11 is 0. The summed E-state index contributed by atoms with van der Waals surface area (Å²) in [6.07, 6.45) is 2.50. The molecule has 1 atom stereocenters. The van der Waals surface area contributed by atoms with Crippen LogP contribution in [-0.4, -0.2) is 33.7 Å². The van der Waals surface area contributed by atoms with Crippen LogP contribution in [0.1, 0.15) is 48.3 Å². The smallest absolute Gasteiger partial charge is 0.227 e. The molecule has 1 aromatic carbocycles. The van der Waals surface area contributed by atoms with Crippen LogP contribution in [0.5, 0.6) is 5.75 Å². The predicted octanol–water partition coefficient (Wildman–Crippen LogP) is 3.34. The molecule has 1 fully saturated rings. The molecule has 2 heterocycles. The van der Waals surface area contributed by atoms with E-state index in [-0.39, 0.29) is 11.9 Å². The summed E-state index contributed by atoms with van der Waals surface area (Å²) in [6, 6.07) is 8.33. The van der Waals surface area contributed by atoms with E-state index in [0.717, 1.165) is 42.1 Å². The van der Waals surface area contributed by atoms with Crippen molar-refractivity contribution in [3.63, 3.8) is 0 Å². The molecule has 0 N–H and O–H groups in total. The maximum atomic E-state index is 12.9. The summed E-state index contributed by atoms with van der Waals surface area (Å²) < 4.78 is 7.37. The van der Waals surface area contributed by atoms with Crippen LogP contribution in [0.4, 0.5) is 0 Å². The fourth-order valence-electron chi connectivity index (χ4n) is 3.69. The standard InChI is InChI=1S/C20H27N3O2/c1-5-25-17-10-8-16(9-11-17)19-7-6-12-23(19)20(24)13-18-14(2)21-22(4)15(18)3/h8-11,19H,5-7,12-13H2,1-4H3/t19-/m0/s1. The lowest BCUT2D eigenvalue weighted by atomic mass is 10.0. The van der Waals surface area contributed by atoms with E-state index in [1.807, 2.05) is 49.5 Å². The van der Waals surface area contributed by atoms with E-state index in [1.165, 1.54) is 5.56 Å². The second-order valence-corrected chi connectivity index (χ2v) is 6.70. The van der Waals surface area contributed by atoms with Crippen molar-refractivity contribution in [3.05, 3.63) is 46.8 Å². The molecule has 3 rings (SSSR count). The third kappa shape index (κ3) is 3.55. The van der Waals surface area contributed by atoms with Crippen molar-refractivity contribution < 1.29 is 9.53 Å². The SMILES string of the molecule is CCOc1ccc([C@@H]2CCCN2C(=O)Cc2c(C)nn(C)c2C)cc1. The second kappa shape index (κ2) is 7.30. The van der Waals surface area contributed by atoms with Crippen LogP contribution in [0, 0.1) is 13.8 Å². The van der Waals surface area contributed by atoms with Crippen LogP contribution in [0.15, 0.2) is 24.3 Å². The number of amides is 1. The van der Waals surface area contributed by atoms with Gasteiger partial charge in [-0.2, -0.15) is 5.10 Å². The average molecular weight is 341 g/mol. The van der Waals surface area contributed by atoms with Gasteiger partial charge in [0.2, 0.25) is 5.91 Å². The molecule has 0 radical (unpaired) electrons. The lowest BCUT2D eigenvalue weighted by Gasteiger charge is -2.25. The third-order valence-corrected chi connectivity index (χ3v) is 5.14. The van der Waals surface area contributed by atoms with Gasteiger partial charge >= 0.3 is 0 Å². The van der Waals surface area contributed by atoms with Gasteiger partial charge in [-0.05, 0) is 51.3 Å². The molecule has 0 saturated carbocycles. The van der Waals surface area contributed by atoms with Gasteiger partial charge < -0.3 is 9.64 Å². The normalized spacial score (nSPS) is 17.1. The van der Waals surface area contributed by atoms with Gasteiger partial charge in [0.1, 0.15) is 5.75 Å². The molecule has 0 bridgehead atoms. The summed E-state index contributed by atoms with van der Waals surface area (Å²) in [7, 11) is 1.93. The van der Waals surface area contributed by atoms with Crippen LogP contribution in [0.3, 0.4) is 0 Å². The number of ether oxygens (including phenoxy) is 1. The van der Waals surface area contributed by atoms with Gasteiger partial charge in [0.05, 0.1) is 24.8 Å². The Morgan fingerprint density at radius 1 is 1.28 bits per heavy atom. The number of aryl methyl sites for hydroxylation is 2. The number of carbonyl (C=O) groups excluding carboxylic acids is 1. The van der Waals surface area contributed by atoms with E-state index < -0.39 is 0 Å². The lowest BCUT2D eigenvalue weighted by Crippen LogP contribution is -2.32. The zero-order chi connectivity index (χ0) is 18.0. The Balaban J connectivity index is 1.75. The molecule has 1 saturated heterocycles. The zero-order valence-corrected chi connectivity index (χ0v) is 15.6. The minimum atomic E-state index is 0.167. The summed E-state index contributed by atoms with van der Waals surface area (Å²) in [6.45, 7) is 7.47. The molecule has 134 valence electrons. The van der Waals surface area contributed by atoms with Crippen LogP contribution in [0.25, 0.3) is 0 Å². The highest BCUT2D eigenvalue weighted by molar-refractivity contribution is 5.80. The molecule has 1 aliphatic heterocycles. The monoisotopic (exact) mass is 341 g/mol. The number of nitrogens with zero attached hydrogens (tertiary/aromatic N) is 3. The van der Waals surface area contributed by atoms with Crippen LogP contribution in [-0.2, 0) is 18.3 Å². The lowest BCUT2D eigenvalue weighted by molar-refractivity contribution is -0.131. The Hall–Kier alpha value is -2.30. The fourth-order valence-corrected chi connectivity index (χ4v) is 3.69. The molecule has 0 spiro atoms. The number of benzene rings is 1. The summed E-state index contributed by atoms with van der Waals surface area (Å²) in [5.74, 6) is 1.07. The molecule has 1 amide bonds. The Labute approximate surface area is 149 Å². The summed E-state index contributed by atoms with van der Waals surface area (Å²) in [5.41, 5.74) is 4.27. The summed E-state index contributed by atoms with van der Waals surface area (Å²) in [5, 5.41) is 4.43. The van der Waals surface area contributed by atoms with Gasteiger partial charge in [-0.1, -0.05) is 12.1 Å². The van der Waals surface area contributed by atoms with Crippen molar-refractivity contribution in [3.8, 4) is 5.75 Å². The quantitative estimate of drug-likeness (QED) is 0.838. The molecule has 0 unspecified atom stereocenters. The maximum Gasteiger partial charge on any atom is 0.227 e. The molecular formula is C20H27N3O2. The largest absolute Gasteiger partial charge is 0.494 e. The van der Waals surface area contributed by atoms with Crippen molar-refractivity contribution in [2.24, 2.45) is 7.05 Å². The molecule has 1 aliphatic rings. The first kappa shape index (κ1) is 17.5. The Morgan fingerprint density at radius 3 is 2.60 bits per heavy atom. The highest BCUT2D eigenvalue weighted by atomic mass is 16.5. The first-order chi connectivity index (χ1) is 12.0. The molecular weight excluding hydrogens is 314 g/mol.